The van der Waals surface area contributed by atoms with Crippen LogP contribution in [0.15, 0.2) is 275 Å². The van der Waals surface area contributed by atoms with Gasteiger partial charge < -0.3 is 15.3 Å². The second kappa shape index (κ2) is 18.1. The number of hydrogen-bond acceptors (Lipinski definition) is 3. The summed E-state index contributed by atoms with van der Waals surface area (Å²) in [5, 5.41) is 38.7. The predicted molar refractivity (Wildman–Crippen MR) is 346 cm³/mol. The van der Waals surface area contributed by atoms with Gasteiger partial charge in [-0.15, -0.1) is 0 Å². The first-order valence-corrected chi connectivity index (χ1v) is 28.6. The van der Waals surface area contributed by atoms with E-state index in [2.05, 4.69) is 220 Å². The molecule has 3 aliphatic carbocycles. The fourth-order valence-electron chi connectivity index (χ4n) is 15.5. The molecule has 3 atom stereocenters. The molecule has 0 aromatic heterocycles. The lowest BCUT2D eigenvalue weighted by molar-refractivity contribution is 0.475. The van der Waals surface area contributed by atoms with E-state index >= 15 is 0 Å². The molecule has 13 aromatic carbocycles. The highest BCUT2D eigenvalue weighted by Gasteiger charge is 2.61. The van der Waals surface area contributed by atoms with Crippen LogP contribution in [0, 0.1) is 0 Å². The Morgan fingerprint density at radius 3 is 0.762 bits per heavy atom. The van der Waals surface area contributed by atoms with E-state index in [0.717, 1.165) is 116 Å². The van der Waals surface area contributed by atoms with Crippen LogP contribution in [0.5, 0.6) is 17.2 Å². The van der Waals surface area contributed by atoms with Crippen molar-refractivity contribution in [2.24, 2.45) is 0 Å². The Balaban J connectivity index is 1.21. The van der Waals surface area contributed by atoms with Crippen LogP contribution in [0.4, 0.5) is 0 Å². The molecule has 0 saturated heterocycles. The standard InChI is InChI=1S/C81H54O3/c1-4-49-19-31-58(32-20-49)79(61-37-25-55-46-64(82)40-28-52(55)43-61)70-16-10-7-13-67(70)73-76(79)74-68-14-8-11-17-71(68)80(59-33-21-50(5-2)22-34-59,62-38-26-56-47-65(83)41-29-53(56)44-62)78(74)75-69-15-9-12-18-72(69)81(77(73)75,60-35-23-51(6-3)24-36-60)63-39-27-57-48-66(84)42-30-54(57)45-63/h4-48,82-84H,1-3H2. The molecule has 13 aromatic rings. The number of phenolic OH excluding ortho intramolecular Hbond substituents is 3. The SMILES string of the molecule is C=Cc1ccc(C2(c3ccc4cc(O)ccc4c3)c3ccccc3-c3c2c2c(c4c3C(c3ccc(C=C)cc3)(c3ccc5cc(O)ccc5c3)c3ccccc3-4)C(c3ccc(C=C)cc3)(c3ccc4cc(O)ccc4c3)c3ccccc3-2)cc1. The third kappa shape index (κ3) is 6.52. The maximum absolute atomic E-state index is 10.9. The zero-order valence-corrected chi connectivity index (χ0v) is 45.9. The summed E-state index contributed by atoms with van der Waals surface area (Å²) in [6.07, 6.45) is 5.75. The Kier molecular flexibility index (Phi) is 10.6. The van der Waals surface area contributed by atoms with Gasteiger partial charge in [-0.1, -0.05) is 238 Å². The fourth-order valence-corrected chi connectivity index (χ4v) is 15.5. The van der Waals surface area contributed by atoms with Crippen molar-refractivity contribution in [2.75, 3.05) is 0 Å². The molecule has 0 saturated carbocycles. The van der Waals surface area contributed by atoms with E-state index in [1.807, 2.05) is 54.6 Å². The predicted octanol–water partition coefficient (Wildman–Crippen LogP) is 19.3. The maximum Gasteiger partial charge on any atom is 0.116 e. The Morgan fingerprint density at radius 1 is 0.250 bits per heavy atom. The summed E-state index contributed by atoms with van der Waals surface area (Å²) >= 11 is 0. The van der Waals surface area contributed by atoms with Crippen molar-refractivity contribution in [1.29, 1.82) is 0 Å². The minimum absolute atomic E-state index is 0.219. The van der Waals surface area contributed by atoms with Crippen molar-refractivity contribution in [3.63, 3.8) is 0 Å². The van der Waals surface area contributed by atoms with E-state index < -0.39 is 16.2 Å². The Bertz CT molecular complexity index is 4470. The van der Waals surface area contributed by atoms with E-state index in [0.29, 0.717) is 0 Å². The van der Waals surface area contributed by atoms with Gasteiger partial charge in [0.25, 0.3) is 0 Å². The number of hydrogen-bond donors (Lipinski definition) is 3. The van der Waals surface area contributed by atoms with Crippen LogP contribution < -0.4 is 0 Å². The molecule has 0 fully saturated rings. The molecule has 84 heavy (non-hydrogen) atoms. The van der Waals surface area contributed by atoms with Gasteiger partial charge in [0.05, 0.1) is 16.2 Å². The van der Waals surface area contributed by atoms with Crippen LogP contribution in [0.1, 0.15) is 83.5 Å². The second-order valence-electron chi connectivity index (χ2n) is 22.9. The molecule has 3 heteroatoms. The highest BCUT2D eigenvalue weighted by Crippen LogP contribution is 2.73. The summed E-state index contributed by atoms with van der Waals surface area (Å²) in [7, 11) is 0. The summed E-state index contributed by atoms with van der Waals surface area (Å²) in [6, 6.07) is 92.1. The summed E-state index contributed by atoms with van der Waals surface area (Å²) in [5.41, 5.74) is 20.8. The first-order chi connectivity index (χ1) is 41.2. The highest BCUT2D eigenvalue weighted by atomic mass is 16.3. The topological polar surface area (TPSA) is 60.7 Å². The molecule has 16 rings (SSSR count). The summed E-state index contributed by atoms with van der Waals surface area (Å²) in [6.45, 7) is 12.7. The molecule has 3 N–H and O–H groups in total. The van der Waals surface area contributed by atoms with E-state index in [1.165, 1.54) is 33.4 Å². The van der Waals surface area contributed by atoms with E-state index in [9.17, 15) is 15.3 Å². The molecule has 396 valence electrons. The lowest BCUT2D eigenvalue weighted by Crippen LogP contribution is -2.33. The quantitative estimate of drug-likeness (QED) is 0.135. The van der Waals surface area contributed by atoms with Gasteiger partial charge in [0.15, 0.2) is 0 Å². The van der Waals surface area contributed by atoms with Crippen molar-refractivity contribution in [1.82, 2.24) is 0 Å². The van der Waals surface area contributed by atoms with E-state index in [-0.39, 0.29) is 17.2 Å². The molecular formula is C81H54O3. The van der Waals surface area contributed by atoms with Crippen LogP contribution in [0.3, 0.4) is 0 Å². The Hall–Kier alpha value is -10.7. The van der Waals surface area contributed by atoms with Crippen LogP contribution >= 0.6 is 0 Å². The second-order valence-corrected chi connectivity index (χ2v) is 22.9. The van der Waals surface area contributed by atoms with Crippen LogP contribution in [-0.2, 0) is 16.2 Å². The van der Waals surface area contributed by atoms with Gasteiger partial charge in [-0.25, -0.2) is 0 Å². The molecule has 3 unspecified atom stereocenters. The molecule has 0 spiro atoms. The third-order valence-electron chi connectivity index (χ3n) is 18.9. The van der Waals surface area contributed by atoms with Gasteiger partial charge in [0.1, 0.15) is 17.2 Å². The lowest BCUT2D eigenvalue weighted by atomic mass is 9.60. The molecular weight excluding hydrogens is 1020 g/mol. The zero-order valence-electron chi connectivity index (χ0n) is 45.9. The van der Waals surface area contributed by atoms with Gasteiger partial charge in [0.2, 0.25) is 0 Å². The molecule has 0 radical (unpaired) electrons. The van der Waals surface area contributed by atoms with Crippen LogP contribution in [0.2, 0.25) is 0 Å². The van der Waals surface area contributed by atoms with Crippen molar-refractivity contribution < 1.29 is 15.3 Å². The van der Waals surface area contributed by atoms with Gasteiger partial charge in [-0.05, 0) is 204 Å². The summed E-state index contributed by atoms with van der Waals surface area (Å²) in [5.74, 6) is 0.658. The van der Waals surface area contributed by atoms with Crippen molar-refractivity contribution >= 4 is 50.5 Å². The minimum Gasteiger partial charge on any atom is -0.508 e. The summed E-state index contributed by atoms with van der Waals surface area (Å²) in [4.78, 5) is 0. The molecule has 0 bridgehead atoms. The first kappa shape index (κ1) is 49.1. The molecule has 0 amide bonds. The number of rotatable bonds is 9. The lowest BCUT2D eigenvalue weighted by Gasteiger charge is -2.40. The maximum atomic E-state index is 10.9. The monoisotopic (exact) mass is 1070 g/mol. The van der Waals surface area contributed by atoms with Crippen molar-refractivity contribution in [3.8, 4) is 50.6 Å². The van der Waals surface area contributed by atoms with Crippen molar-refractivity contribution in [2.45, 2.75) is 16.2 Å². The third-order valence-corrected chi connectivity index (χ3v) is 18.9. The number of phenols is 3. The van der Waals surface area contributed by atoms with Gasteiger partial charge >= 0.3 is 0 Å². The Labute approximate surface area is 488 Å². The van der Waals surface area contributed by atoms with Gasteiger partial charge in [0, 0.05) is 0 Å². The highest BCUT2D eigenvalue weighted by molar-refractivity contribution is 6.10. The van der Waals surface area contributed by atoms with E-state index in [4.69, 9.17) is 0 Å². The number of benzene rings is 13. The Morgan fingerprint density at radius 2 is 0.488 bits per heavy atom. The fraction of sp³-hybridized carbons (Fsp3) is 0.0370. The molecule has 3 aliphatic rings. The minimum atomic E-state index is -0.970. The average Bonchev–Trinajstić information content (AvgIpc) is 1.50. The zero-order chi connectivity index (χ0) is 56.6. The van der Waals surface area contributed by atoms with Crippen LogP contribution in [-0.4, -0.2) is 15.3 Å². The molecule has 0 heterocycles. The molecule has 0 aliphatic heterocycles. The molecule has 3 nitrogen and oxygen atoms in total. The number of fused-ring (bicyclic) bond motifs is 15. The average molecular weight is 1080 g/mol. The van der Waals surface area contributed by atoms with Gasteiger partial charge in [-0.3, -0.25) is 0 Å². The normalized spacial score (nSPS) is 17.7. The first-order valence-electron chi connectivity index (χ1n) is 28.6. The number of aromatic hydroxyl groups is 3. The van der Waals surface area contributed by atoms with Gasteiger partial charge in [-0.2, -0.15) is 0 Å². The smallest absolute Gasteiger partial charge is 0.116 e. The van der Waals surface area contributed by atoms with Crippen LogP contribution in [0.25, 0.3) is 83.9 Å². The summed E-state index contributed by atoms with van der Waals surface area (Å²) < 4.78 is 0. The largest absolute Gasteiger partial charge is 0.508 e. The van der Waals surface area contributed by atoms with E-state index in [1.54, 1.807) is 18.2 Å². The van der Waals surface area contributed by atoms with Crippen molar-refractivity contribution in [3.05, 3.63) is 358 Å².